The molecule has 0 aromatic rings. The second-order valence-electron chi connectivity index (χ2n) is 3.50. The number of rotatable bonds is 4. The Morgan fingerprint density at radius 1 is 1.38 bits per heavy atom. The van der Waals surface area contributed by atoms with Crippen molar-refractivity contribution in [2.45, 2.75) is 57.5 Å². The van der Waals surface area contributed by atoms with Gasteiger partial charge in [0.15, 0.2) is 0 Å². The lowest BCUT2D eigenvalue weighted by molar-refractivity contribution is 0.00569. The molecule has 1 aliphatic heterocycles. The minimum absolute atomic E-state index is 0.178. The number of aliphatic hydroxyl groups is 1. The molecular weight excluding hydrogens is 170 g/mol. The van der Waals surface area contributed by atoms with Gasteiger partial charge in [-0.1, -0.05) is 25.4 Å². The molecule has 0 aliphatic carbocycles. The molecule has 4 heteroatoms. The van der Waals surface area contributed by atoms with Crippen molar-refractivity contribution in [1.29, 1.82) is 0 Å². The van der Waals surface area contributed by atoms with Crippen molar-refractivity contribution in [2.75, 3.05) is 0 Å². The van der Waals surface area contributed by atoms with Crippen molar-refractivity contribution in [3.05, 3.63) is 4.91 Å². The van der Waals surface area contributed by atoms with Gasteiger partial charge >= 0.3 is 0 Å². The summed E-state index contributed by atoms with van der Waals surface area (Å²) in [6.45, 7) is 3.96. The third-order valence-corrected chi connectivity index (χ3v) is 2.56. The highest BCUT2D eigenvalue weighted by Gasteiger charge is 2.43. The van der Waals surface area contributed by atoms with Gasteiger partial charge < -0.3 is 9.84 Å². The maximum absolute atomic E-state index is 10.5. The van der Waals surface area contributed by atoms with Crippen molar-refractivity contribution in [2.24, 2.45) is 5.18 Å². The van der Waals surface area contributed by atoms with E-state index < -0.39 is 12.1 Å². The van der Waals surface area contributed by atoms with Gasteiger partial charge in [0, 0.05) is 0 Å². The first-order chi connectivity index (χ1) is 6.24. The molecule has 1 aliphatic rings. The summed E-state index contributed by atoms with van der Waals surface area (Å²) < 4.78 is 5.52. The molecule has 1 rings (SSSR count). The van der Waals surface area contributed by atoms with Gasteiger partial charge in [0.05, 0.1) is 12.2 Å². The Bertz CT molecular complexity index is 174. The van der Waals surface area contributed by atoms with E-state index in [9.17, 15) is 10.0 Å². The van der Waals surface area contributed by atoms with Crippen LogP contribution >= 0.6 is 0 Å². The molecule has 13 heavy (non-hydrogen) atoms. The van der Waals surface area contributed by atoms with Crippen LogP contribution in [0.15, 0.2) is 5.18 Å². The van der Waals surface area contributed by atoms with Crippen LogP contribution < -0.4 is 0 Å². The molecule has 0 radical (unpaired) electrons. The average Bonchev–Trinajstić information content (AvgIpc) is 2.43. The number of ether oxygens (including phenoxy) is 1. The minimum atomic E-state index is -0.709. The van der Waals surface area contributed by atoms with Gasteiger partial charge in [-0.2, -0.15) is 4.91 Å². The minimum Gasteiger partial charge on any atom is -0.388 e. The third kappa shape index (κ3) is 2.06. The van der Waals surface area contributed by atoms with Crippen LogP contribution in [0.3, 0.4) is 0 Å². The number of hydrogen-bond donors (Lipinski definition) is 1. The lowest BCUT2D eigenvalue weighted by Gasteiger charge is -2.11. The van der Waals surface area contributed by atoms with Crippen LogP contribution in [0, 0.1) is 4.91 Å². The Hall–Kier alpha value is -0.480. The van der Waals surface area contributed by atoms with Crippen molar-refractivity contribution in [3.8, 4) is 0 Å². The highest BCUT2D eigenvalue weighted by Crippen LogP contribution is 2.28. The Labute approximate surface area is 78.3 Å². The Balaban J connectivity index is 2.60. The van der Waals surface area contributed by atoms with E-state index in [4.69, 9.17) is 4.74 Å². The summed E-state index contributed by atoms with van der Waals surface area (Å²) in [4.78, 5) is 10.5. The zero-order chi connectivity index (χ0) is 9.84. The molecule has 0 amide bonds. The number of hydrogen-bond acceptors (Lipinski definition) is 4. The van der Waals surface area contributed by atoms with Gasteiger partial charge in [-0.15, -0.1) is 0 Å². The maximum atomic E-state index is 10.5. The fraction of sp³-hybridized carbons (Fsp3) is 1.00. The van der Waals surface area contributed by atoms with Crippen molar-refractivity contribution >= 4 is 0 Å². The van der Waals surface area contributed by atoms with Crippen molar-refractivity contribution < 1.29 is 9.84 Å². The van der Waals surface area contributed by atoms with Crippen LogP contribution in [0.5, 0.6) is 0 Å². The van der Waals surface area contributed by atoms with Crippen LogP contribution in [0.25, 0.3) is 0 Å². The second-order valence-corrected chi connectivity index (χ2v) is 3.50. The van der Waals surface area contributed by atoms with Gasteiger partial charge in [0.25, 0.3) is 0 Å². The summed E-state index contributed by atoms with van der Waals surface area (Å²) in [5.41, 5.74) is 0. The van der Waals surface area contributed by atoms with E-state index in [1.54, 1.807) is 0 Å². The van der Waals surface area contributed by atoms with Crippen LogP contribution in [-0.2, 0) is 4.74 Å². The highest BCUT2D eigenvalue weighted by molar-refractivity contribution is 4.94. The van der Waals surface area contributed by atoms with E-state index in [0.29, 0.717) is 0 Å². The van der Waals surface area contributed by atoms with E-state index in [1.807, 2.05) is 13.8 Å². The van der Waals surface area contributed by atoms with Gasteiger partial charge in [-0.05, 0) is 12.8 Å². The maximum Gasteiger partial charge on any atom is 0.146 e. The molecule has 0 aromatic heterocycles. The molecular formula is C9H17NO3. The average molecular weight is 187 g/mol. The summed E-state index contributed by atoms with van der Waals surface area (Å²) in [5.74, 6) is 0. The molecule has 4 atom stereocenters. The summed E-state index contributed by atoms with van der Waals surface area (Å²) in [6.07, 6.45) is 1.37. The summed E-state index contributed by atoms with van der Waals surface area (Å²) >= 11 is 0. The fourth-order valence-electron chi connectivity index (χ4n) is 1.82. The third-order valence-electron chi connectivity index (χ3n) is 2.56. The molecule has 1 heterocycles. The topological polar surface area (TPSA) is 58.9 Å². The fourth-order valence-corrected chi connectivity index (χ4v) is 1.82. The van der Waals surface area contributed by atoms with E-state index in [1.165, 1.54) is 0 Å². The predicted molar refractivity (Wildman–Crippen MR) is 49.4 cm³/mol. The monoisotopic (exact) mass is 187 g/mol. The van der Waals surface area contributed by atoms with Crippen molar-refractivity contribution in [1.82, 2.24) is 0 Å². The molecule has 1 saturated heterocycles. The Morgan fingerprint density at radius 2 is 2.08 bits per heavy atom. The molecule has 0 bridgehead atoms. The zero-order valence-corrected chi connectivity index (χ0v) is 8.14. The van der Waals surface area contributed by atoms with Gasteiger partial charge in [-0.3, -0.25) is 0 Å². The zero-order valence-electron chi connectivity index (χ0n) is 8.14. The second kappa shape index (κ2) is 4.67. The van der Waals surface area contributed by atoms with Crippen LogP contribution in [0.1, 0.15) is 33.1 Å². The first kappa shape index (κ1) is 10.6. The quantitative estimate of drug-likeness (QED) is 0.678. The molecule has 1 N–H and O–H groups in total. The first-order valence-corrected chi connectivity index (χ1v) is 4.90. The molecule has 0 spiro atoms. The Morgan fingerprint density at radius 3 is 2.54 bits per heavy atom. The van der Waals surface area contributed by atoms with Crippen LogP contribution in [0.2, 0.25) is 0 Å². The standard InChI is InChI=1S/C9H17NO3/c1-3-5-7-8(10-12)9(11)6(4-2)13-7/h6-9,11H,3-5H2,1-2H3. The van der Waals surface area contributed by atoms with E-state index >= 15 is 0 Å². The van der Waals surface area contributed by atoms with Gasteiger partial charge in [-0.25, -0.2) is 0 Å². The predicted octanol–water partition coefficient (Wildman–Crippen LogP) is 1.46. The summed E-state index contributed by atoms with van der Waals surface area (Å²) in [7, 11) is 0. The van der Waals surface area contributed by atoms with Crippen LogP contribution in [-0.4, -0.2) is 29.5 Å². The van der Waals surface area contributed by atoms with Crippen molar-refractivity contribution in [3.63, 3.8) is 0 Å². The molecule has 0 aromatic carbocycles. The molecule has 1 fully saturated rings. The molecule has 76 valence electrons. The van der Waals surface area contributed by atoms with Gasteiger partial charge in [0.1, 0.15) is 12.1 Å². The summed E-state index contributed by atoms with van der Waals surface area (Å²) in [6, 6.07) is -0.565. The largest absolute Gasteiger partial charge is 0.388 e. The molecule has 4 unspecified atom stereocenters. The first-order valence-electron chi connectivity index (χ1n) is 4.90. The van der Waals surface area contributed by atoms with Crippen LogP contribution in [0.4, 0.5) is 0 Å². The van der Waals surface area contributed by atoms with E-state index in [0.717, 1.165) is 19.3 Å². The lowest BCUT2D eigenvalue weighted by Crippen LogP contribution is -2.30. The number of nitrogens with zero attached hydrogens (tertiary/aromatic N) is 1. The number of nitroso groups, excluding NO2 is 1. The summed E-state index contributed by atoms with van der Waals surface area (Å²) in [5, 5.41) is 12.6. The normalized spacial score (nSPS) is 39.3. The highest BCUT2D eigenvalue weighted by atomic mass is 16.5. The SMILES string of the molecule is CCCC1OC(CC)C(O)C1N=O. The smallest absolute Gasteiger partial charge is 0.146 e. The van der Waals surface area contributed by atoms with E-state index in [-0.39, 0.29) is 12.2 Å². The molecule has 0 saturated carbocycles. The van der Waals surface area contributed by atoms with E-state index in [2.05, 4.69) is 5.18 Å². The number of aliphatic hydroxyl groups excluding tert-OH is 1. The Kier molecular flexibility index (Phi) is 3.81. The van der Waals surface area contributed by atoms with Gasteiger partial charge in [0.2, 0.25) is 0 Å². The lowest BCUT2D eigenvalue weighted by atomic mass is 10.0. The molecule has 4 nitrogen and oxygen atoms in total.